The Morgan fingerprint density at radius 3 is 1.35 bits per heavy atom. The normalized spacial score (nSPS) is 21.3. The van der Waals surface area contributed by atoms with Crippen LogP contribution in [0.25, 0.3) is 0 Å². The molecular formula is C12H26Br2N4O2. The van der Waals surface area contributed by atoms with E-state index in [2.05, 4.69) is 52.7 Å². The summed E-state index contributed by atoms with van der Waals surface area (Å²) in [7, 11) is 0. The largest absolute Gasteiger partial charge is 0.379 e. The van der Waals surface area contributed by atoms with Gasteiger partial charge in [-0.05, 0) is 0 Å². The number of nitrogens with zero attached hydrogens (tertiary/aromatic N) is 2. The lowest BCUT2D eigenvalue weighted by Crippen LogP contribution is -2.46. The van der Waals surface area contributed by atoms with E-state index in [-0.39, 0.29) is 0 Å². The van der Waals surface area contributed by atoms with Gasteiger partial charge in [-0.2, -0.15) is 0 Å². The van der Waals surface area contributed by atoms with Gasteiger partial charge in [0.15, 0.2) is 0 Å². The molecule has 20 heavy (non-hydrogen) atoms. The molecule has 0 aliphatic carbocycles. The van der Waals surface area contributed by atoms with Gasteiger partial charge in [0.25, 0.3) is 0 Å². The summed E-state index contributed by atoms with van der Waals surface area (Å²) in [5, 5.41) is 6.41. The van der Waals surface area contributed by atoms with Crippen LogP contribution >= 0.6 is 31.9 Å². The second-order valence-corrected chi connectivity index (χ2v) is 5.98. The highest BCUT2D eigenvalue weighted by atomic mass is 79.9. The molecular weight excluding hydrogens is 392 g/mol. The Bertz CT molecular complexity index is 194. The van der Waals surface area contributed by atoms with E-state index in [0.717, 1.165) is 76.4 Å². The zero-order chi connectivity index (χ0) is 14.5. The number of rotatable bonds is 6. The molecule has 0 bridgehead atoms. The van der Waals surface area contributed by atoms with Crippen molar-refractivity contribution >= 4 is 31.9 Å². The summed E-state index contributed by atoms with van der Waals surface area (Å²) in [5.74, 6) is 0. The quantitative estimate of drug-likeness (QED) is 0.611. The lowest BCUT2D eigenvalue weighted by atomic mass is 10.5. The number of halogens is 2. The molecule has 8 heteroatoms. The molecule has 0 atom stereocenters. The number of morpholine rings is 2. The van der Waals surface area contributed by atoms with Crippen molar-refractivity contribution in [1.29, 1.82) is 0 Å². The van der Waals surface area contributed by atoms with Gasteiger partial charge < -0.3 is 9.47 Å². The lowest BCUT2D eigenvalue weighted by Gasteiger charge is -2.26. The van der Waals surface area contributed by atoms with Gasteiger partial charge in [0.2, 0.25) is 0 Å². The van der Waals surface area contributed by atoms with Crippen LogP contribution in [0.2, 0.25) is 0 Å². The summed E-state index contributed by atoms with van der Waals surface area (Å²) in [6, 6.07) is 0. The molecule has 0 aromatic rings. The van der Waals surface area contributed by atoms with Crippen LogP contribution < -0.4 is 10.9 Å². The fourth-order valence-electron chi connectivity index (χ4n) is 1.84. The molecule has 2 fully saturated rings. The SMILES string of the molecule is BrCCNN1CCOCC1.BrCCNN1CCOCC1. The van der Waals surface area contributed by atoms with Crippen LogP contribution in [0.3, 0.4) is 0 Å². The van der Waals surface area contributed by atoms with Crippen molar-refractivity contribution in [3.05, 3.63) is 0 Å². The van der Waals surface area contributed by atoms with E-state index in [1.54, 1.807) is 0 Å². The van der Waals surface area contributed by atoms with E-state index in [0.29, 0.717) is 0 Å². The molecule has 0 spiro atoms. The van der Waals surface area contributed by atoms with E-state index in [9.17, 15) is 0 Å². The van der Waals surface area contributed by atoms with Crippen molar-refractivity contribution in [2.75, 3.05) is 76.4 Å². The first-order valence-electron chi connectivity index (χ1n) is 7.11. The molecule has 2 saturated heterocycles. The Kier molecular flexibility index (Phi) is 12.6. The fraction of sp³-hybridized carbons (Fsp3) is 1.00. The first kappa shape index (κ1) is 18.8. The molecule has 0 unspecified atom stereocenters. The topological polar surface area (TPSA) is 49.0 Å². The monoisotopic (exact) mass is 416 g/mol. The first-order chi connectivity index (χ1) is 9.86. The minimum absolute atomic E-state index is 0.856. The van der Waals surface area contributed by atoms with Crippen LogP contribution in [0.4, 0.5) is 0 Å². The molecule has 0 radical (unpaired) electrons. The molecule has 120 valence electrons. The molecule has 2 N–H and O–H groups in total. The zero-order valence-corrected chi connectivity index (χ0v) is 15.1. The predicted octanol–water partition coefficient (Wildman–Crippen LogP) is 0.436. The van der Waals surface area contributed by atoms with Crippen LogP contribution in [0.5, 0.6) is 0 Å². The molecule has 6 nitrogen and oxygen atoms in total. The van der Waals surface area contributed by atoms with Crippen molar-refractivity contribution in [2.45, 2.75) is 0 Å². The minimum atomic E-state index is 0.856. The van der Waals surface area contributed by atoms with E-state index in [1.165, 1.54) is 0 Å². The maximum atomic E-state index is 5.19. The summed E-state index contributed by atoms with van der Waals surface area (Å²) in [6.45, 7) is 9.45. The minimum Gasteiger partial charge on any atom is -0.379 e. The van der Waals surface area contributed by atoms with Gasteiger partial charge in [-0.15, -0.1) is 0 Å². The third kappa shape index (κ3) is 9.62. The van der Waals surface area contributed by atoms with Crippen molar-refractivity contribution in [3.8, 4) is 0 Å². The highest BCUT2D eigenvalue weighted by molar-refractivity contribution is 9.09. The van der Waals surface area contributed by atoms with Gasteiger partial charge in [-0.3, -0.25) is 10.9 Å². The zero-order valence-electron chi connectivity index (χ0n) is 12.0. The number of nitrogens with one attached hydrogen (secondary N) is 2. The Balaban J connectivity index is 0.000000200. The fourth-order valence-corrected chi connectivity index (χ4v) is 2.20. The van der Waals surface area contributed by atoms with Crippen molar-refractivity contribution < 1.29 is 9.47 Å². The van der Waals surface area contributed by atoms with Gasteiger partial charge in [-0.1, -0.05) is 31.9 Å². The van der Waals surface area contributed by atoms with Crippen LogP contribution in [0, 0.1) is 0 Å². The van der Waals surface area contributed by atoms with Gasteiger partial charge in [0.05, 0.1) is 26.4 Å². The average molecular weight is 418 g/mol. The Hall–Kier alpha value is 0.720. The highest BCUT2D eigenvalue weighted by Gasteiger charge is 2.08. The standard InChI is InChI=1S/2C6H13BrN2O/c2*7-1-2-8-9-3-5-10-6-4-9/h2*8H,1-6H2. The number of alkyl halides is 2. The van der Waals surface area contributed by atoms with Crippen molar-refractivity contribution in [3.63, 3.8) is 0 Å². The number of hydrogen-bond donors (Lipinski definition) is 2. The molecule has 2 rings (SSSR count). The molecule has 2 aliphatic heterocycles. The number of hydrazine groups is 2. The second kappa shape index (κ2) is 13.4. The van der Waals surface area contributed by atoms with Crippen molar-refractivity contribution in [2.24, 2.45) is 0 Å². The Morgan fingerprint density at radius 1 is 0.700 bits per heavy atom. The second-order valence-electron chi connectivity index (χ2n) is 4.39. The van der Waals surface area contributed by atoms with Crippen LogP contribution in [-0.4, -0.2) is 86.4 Å². The third-order valence-electron chi connectivity index (χ3n) is 2.88. The summed E-state index contributed by atoms with van der Waals surface area (Å²) in [6.07, 6.45) is 0. The molecule has 2 aliphatic rings. The first-order valence-corrected chi connectivity index (χ1v) is 9.35. The number of hydrogen-bond acceptors (Lipinski definition) is 6. The van der Waals surface area contributed by atoms with Gasteiger partial charge >= 0.3 is 0 Å². The summed E-state index contributed by atoms with van der Waals surface area (Å²) >= 11 is 6.71. The lowest BCUT2D eigenvalue weighted by molar-refractivity contribution is 0.0133. The maximum Gasteiger partial charge on any atom is 0.0608 e. The molecule has 0 aromatic heterocycles. The summed E-state index contributed by atoms with van der Waals surface area (Å²) < 4.78 is 10.4. The molecule has 0 saturated carbocycles. The van der Waals surface area contributed by atoms with E-state index in [1.807, 2.05) is 0 Å². The predicted molar refractivity (Wildman–Crippen MR) is 88.4 cm³/mol. The Labute approximate surface area is 138 Å². The molecule has 0 amide bonds. The maximum absolute atomic E-state index is 5.19. The third-order valence-corrected chi connectivity index (χ3v) is 3.67. The average Bonchev–Trinajstić information content (AvgIpc) is 2.53. The summed E-state index contributed by atoms with van der Waals surface area (Å²) in [4.78, 5) is 0. The smallest absolute Gasteiger partial charge is 0.0608 e. The van der Waals surface area contributed by atoms with Gasteiger partial charge in [-0.25, -0.2) is 10.0 Å². The van der Waals surface area contributed by atoms with E-state index < -0.39 is 0 Å². The van der Waals surface area contributed by atoms with Crippen molar-refractivity contribution in [1.82, 2.24) is 20.9 Å². The number of ether oxygens (including phenoxy) is 2. The van der Waals surface area contributed by atoms with E-state index in [4.69, 9.17) is 9.47 Å². The van der Waals surface area contributed by atoms with Crippen LogP contribution in [0.15, 0.2) is 0 Å². The van der Waals surface area contributed by atoms with Crippen LogP contribution in [-0.2, 0) is 9.47 Å². The molecule has 2 heterocycles. The van der Waals surface area contributed by atoms with Gasteiger partial charge in [0, 0.05) is 49.9 Å². The van der Waals surface area contributed by atoms with Gasteiger partial charge in [0.1, 0.15) is 0 Å². The summed E-state index contributed by atoms with van der Waals surface area (Å²) in [5.41, 5.74) is 6.56. The van der Waals surface area contributed by atoms with E-state index >= 15 is 0 Å². The molecule has 0 aromatic carbocycles. The van der Waals surface area contributed by atoms with Crippen LogP contribution in [0.1, 0.15) is 0 Å². The highest BCUT2D eigenvalue weighted by Crippen LogP contribution is 1.92. The Morgan fingerprint density at radius 2 is 1.05 bits per heavy atom.